The molecule has 2 saturated carbocycles. The molecule has 106 valence electrons. The summed E-state index contributed by atoms with van der Waals surface area (Å²) >= 11 is 0. The highest BCUT2D eigenvalue weighted by Crippen LogP contribution is 2.49. The number of hydrogen-bond acceptors (Lipinski definition) is 2. The van der Waals surface area contributed by atoms with Gasteiger partial charge >= 0.3 is 0 Å². The van der Waals surface area contributed by atoms with Gasteiger partial charge in [0.25, 0.3) is 0 Å². The molecule has 1 aromatic rings. The molecule has 1 amide bonds. The number of benzene rings is 1. The van der Waals surface area contributed by atoms with Crippen molar-refractivity contribution in [2.45, 2.75) is 39.0 Å². The van der Waals surface area contributed by atoms with Crippen molar-refractivity contribution in [3.63, 3.8) is 0 Å². The number of rotatable bonds is 4. The van der Waals surface area contributed by atoms with Gasteiger partial charge in [0.05, 0.1) is 0 Å². The number of amides is 1. The predicted molar refractivity (Wildman–Crippen MR) is 78.6 cm³/mol. The standard InChI is InChI=1S/C17H21NO2/c1-11(19)13-3-2-4-16(9-13)18-17(20)10-15-8-12-5-6-14(15)7-12/h2-4,9,12,14-15H,5-8,10H2,1H3,(H,18,20). The van der Waals surface area contributed by atoms with Gasteiger partial charge in [0.15, 0.2) is 5.78 Å². The Bertz CT molecular complexity index is 538. The number of fused-ring (bicyclic) bond motifs is 2. The molecule has 3 atom stereocenters. The highest BCUT2D eigenvalue weighted by atomic mass is 16.1. The molecule has 2 aliphatic carbocycles. The number of ketones is 1. The summed E-state index contributed by atoms with van der Waals surface area (Å²) in [6.45, 7) is 1.54. The van der Waals surface area contributed by atoms with Crippen LogP contribution in [-0.4, -0.2) is 11.7 Å². The molecule has 0 radical (unpaired) electrons. The molecule has 2 aliphatic rings. The predicted octanol–water partition coefficient (Wildman–Crippen LogP) is 3.65. The zero-order valence-corrected chi connectivity index (χ0v) is 11.9. The number of Topliss-reactive ketones (excluding diaryl/α,β-unsaturated/α-hetero) is 1. The van der Waals surface area contributed by atoms with E-state index in [1.165, 1.54) is 32.6 Å². The first-order valence-electron chi connectivity index (χ1n) is 7.52. The number of anilines is 1. The van der Waals surface area contributed by atoms with E-state index in [-0.39, 0.29) is 11.7 Å². The molecule has 3 nitrogen and oxygen atoms in total. The van der Waals surface area contributed by atoms with Crippen molar-refractivity contribution >= 4 is 17.4 Å². The second kappa shape index (κ2) is 5.39. The van der Waals surface area contributed by atoms with Crippen molar-refractivity contribution in [2.75, 3.05) is 5.32 Å². The molecule has 3 heteroatoms. The van der Waals surface area contributed by atoms with Crippen LogP contribution in [0.1, 0.15) is 49.4 Å². The lowest BCUT2D eigenvalue weighted by Crippen LogP contribution is -2.20. The smallest absolute Gasteiger partial charge is 0.224 e. The van der Waals surface area contributed by atoms with E-state index in [9.17, 15) is 9.59 Å². The minimum atomic E-state index is 0.0224. The summed E-state index contributed by atoms with van der Waals surface area (Å²) < 4.78 is 0. The Balaban J connectivity index is 1.59. The highest BCUT2D eigenvalue weighted by molar-refractivity contribution is 5.97. The summed E-state index contributed by atoms with van der Waals surface area (Å²) in [4.78, 5) is 23.5. The fourth-order valence-electron chi connectivity index (χ4n) is 3.89. The average Bonchev–Trinajstić information content (AvgIpc) is 3.01. The van der Waals surface area contributed by atoms with Gasteiger partial charge in [0, 0.05) is 17.7 Å². The lowest BCUT2D eigenvalue weighted by atomic mass is 9.86. The van der Waals surface area contributed by atoms with Crippen molar-refractivity contribution in [1.82, 2.24) is 0 Å². The number of carbonyl (C=O) groups is 2. The van der Waals surface area contributed by atoms with E-state index in [4.69, 9.17) is 0 Å². The van der Waals surface area contributed by atoms with Crippen molar-refractivity contribution < 1.29 is 9.59 Å². The molecule has 0 aliphatic heterocycles. The molecule has 0 saturated heterocycles. The van der Waals surface area contributed by atoms with Crippen molar-refractivity contribution in [2.24, 2.45) is 17.8 Å². The lowest BCUT2D eigenvalue weighted by molar-refractivity contribution is -0.117. The van der Waals surface area contributed by atoms with Crippen LogP contribution in [0.5, 0.6) is 0 Å². The zero-order valence-electron chi connectivity index (χ0n) is 11.9. The highest BCUT2D eigenvalue weighted by Gasteiger charge is 2.40. The summed E-state index contributed by atoms with van der Waals surface area (Å²) in [5.74, 6) is 2.33. The average molecular weight is 271 g/mol. The Morgan fingerprint density at radius 2 is 2.10 bits per heavy atom. The van der Waals surface area contributed by atoms with Crippen LogP contribution in [0, 0.1) is 17.8 Å². The normalized spacial score (nSPS) is 27.6. The second-order valence-electron chi connectivity index (χ2n) is 6.32. The van der Waals surface area contributed by atoms with E-state index in [0.29, 0.717) is 17.9 Å². The molecular weight excluding hydrogens is 250 g/mol. The Hall–Kier alpha value is -1.64. The van der Waals surface area contributed by atoms with Gasteiger partial charge in [-0.25, -0.2) is 0 Å². The van der Waals surface area contributed by atoms with Gasteiger partial charge in [-0.1, -0.05) is 18.6 Å². The first kappa shape index (κ1) is 13.3. The number of hydrogen-bond donors (Lipinski definition) is 1. The van der Waals surface area contributed by atoms with E-state index in [1.807, 2.05) is 12.1 Å². The molecule has 20 heavy (non-hydrogen) atoms. The Morgan fingerprint density at radius 1 is 1.25 bits per heavy atom. The lowest BCUT2D eigenvalue weighted by Gasteiger charge is -2.20. The molecule has 0 heterocycles. The van der Waals surface area contributed by atoms with Crippen LogP contribution in [0.25, 0.3) is 0 Å². The largest absolute Gasteiger partial charge is 0.326 e. The number of carbonyl (C=O) groups excluding carboxylic acids is 2. The van der Waals surface area contributed by atoms with Crippen LogP contribution in [-0.2, 0) is 4.79 Å². The van der Waals surface area contributed by atoms with Gasteiger partial charge in [-0.2, -0.15) is 0 Å². The topological polar surface area (TPSA) is 46.2 Å². The van der Waals surface area contributed by atoms with Crippen molar-refractivity contribution in [3.05, 3.63) is 29.8 Å². The fraction of sp³-hybridized carbons (Fsp3) is 0.529. The molecule has 2 fully saturated rings. The van der Waals surface area contributed by atoms with E-state index >= 15 is 0 Å². The molecule has 3 unspecified atom stereocenters. The maximum absolute atomic E-state index is 12.1. The third-order valence-corrected chi connectivity index (χ3v) is 4.88. The SMILES string of the molecule is CC(=O)c1cccc(NC(=O)CC2CC3CCC2C3)c1. The Kier molecular flexibility index (Phi) is 3.60. The van der Waals surface area contributed by atoms with Crippen LogP contribution >= 0.6 is 0 Å². The van der Waals surface area contributed by atoms with Gasteiger partial charge in [0.2, 0.25) is 5.91 Å². The number of nitrogens with one attached hydrogen (secondary N) is 1. The van der Waals surface area contributed by atoms with Crippen LogP contribution in [0.15, 0.2) is 24.3 Å². The minimum Gasteiger partial charge on any atom is -0.326 e. The minimum absolute atomic E-state index is 0.0224. The second-order valence-corrected chi connectivity index (χ2v) is 6.32. The van der Waals surface area contributed by atoms with E-state index in [2.05, 4.69) is 5.32 Å². The van der Waals surface area contributed by atoms with Gasteiger partial charge < -0.3 is 5.32 Å². The Morgan fingerprint density at radius 3 is 2.75 bits per heavy atom. The zero-order chi connectivity index (χ0) is 14.1. The first-order valence-corrected chi connectivity index (χ1v) is 7.52. The van der Waals surface area contributed by atoms with Gasteiger partial charge in [0.1, 0.15) is 0 Å². The summed E-state index contributed by atoms with van der Waals surface area (Å²) in [6, 6.07) is 7.17. The maximum atomic E-state index is 12.1. The summed E-state index contributed by atoms with van der Waals surface area (Å²) in [5.41, 5.74) is 1.37. The quantitative estimate of drug-likeness (QED) is 0.850. The first-order chi connectivity index (χ1) is 9.61. The van der Waals surface area contributed by atoms with Crippen molar-refractivity contribution in [1.29, 1.82) is 0 Å². The molecule has 0 aromatic heterocycles. The molecule has 1 N–H and O–H groups in total. The third-order valence-electron chi connectivity index (χ3n) is 4.88. The molecule has 2 bridgehead atoms. The summed E-state index contributed by atoms with van der Waals surface area (Å²) in [5, 5.41) is 2.93. The van der Waals surface area contributed by atoms with Crippen LogP contribution in [0.2, 0.25) is 0 Å². The summed E-state index contributed by atoms with van der Waals surface area (Å²) in [7, 11) is 0. The molecular formula is C17H21NO2. The third kappa shape index (κ3) is 2.77. The van der Waals surface area contributed by atoms with Gasteiger partial charge in [-0.05, 0) is 56.1 Å². The van der Waals surface area contributed by atoms with Crippen LogP contribution < -0.4 is 5.32 Å². The fourth-order valence-corrected chi connectivity index (χ4v) is 3.89. The van der Waals surface area contributed by atoms with Crippen molar-refractivity contribution in [3.8, 4) is 0 Å². The van der Waals surface area contributed by atoms with Gasteiger partial charge in [-0.15, -0.1) is 0 Å². The summed E-state index contributed by atoms with van der Waals surface area (Å²) in [6.07, 6.45) is 5.86. The monoisotopic (exact) mass is 271 g/mol. The van der Waals surface area contributed by atoms with E-state index in [1.54, 1.807) is 12.1 Å². The van der Waals surface area contributed by atoms with E-state index < -0.39 is 0 Å². The molecule has 1 aromatic carbocycles. The molecule has 3 rings (SSSR count). The maximum Gasteiger partial charge on any atom is 0.224 e. The Labute approximate surface area is 119 Å². The van der Waals surface area contributed by atoms with Crippen LogP contribution in [0.4, 0.5) is 5.69 Å². The van der Waals surface area contributed by atoms with E-state index in [0.717, 1.165) is 17.5 Å². The molecule has 0 spiro atoms. The van der Waals surface area contributed by atoms with Crippen LogP contribution in [0.3, 0.4) is 0 Å². The van der Waals surface area contributed by atoms with Gasteiger partial charge in [-0.3, -0.25) is 9.59 Å².